The lowest BCUT2D eigenvalue weighted by Crippen LogP contribution is -2.47. The number of halogens is 3. The molecule has 1 aromatic rings. The van der Waals surface area contributed by atoms with Gasteiger partial charge in [-0.25, -0.2) is 8.42 Å². The minimum absolute atomic E-state index is 0.0386. The maximum Gasteiger partial charge on any atom is 0.471 e. The first-order chi connectivity index (χ1) is 9.96. The van der Waals surface area contributed by atoms with Crippen molar-refractivity contribution in [3.63, 3.8) is 0 Å². The number of sulfone groups is 1. The number of aliphatic hydroxyl groups is 2. The molecule has 2 unspecified atom stereocenters. The van der Waals surface area contributed by atoms with Crippen LogP contribution in [0.4, 0.5) is 13.2 Å². The van der Waals surface area contributed by atoms with Gasteiger partial charge in [0, 0.05) is 6.26 Å². The summed E-state index contributed by atoms with van der Waals surface area (Å²) in [4.78, 5) is 10.8. The standard InChI is InChI=1S/C12H14F3NO5S/c1-22(20,21)8-4-2-7(3-5-8)10(18)9(6-17)16-11(19)12(13,14)15/h2-5,9-10,17-18H,6H2,1H3,(H,16,19). The summed E-state index contributed by atoms with van der Waals surface area (Å²) in [5.41, 5.74) is 0.0499. The van der Waals surface area contributed by atoms with Crippen LogP contribution in [0.1, 0.15) is 11.7 Å². The van der Waals surface area contributed by atoms with E-state index in [1.165, 1.54) is 17.4 Å². The second kappa shape index (κ2) is 6.63. The van der Waals surface area contributed by atoms with E-state index in [0.29, 0.717) is 0 Å². The lowest BCUT2D eigenvalue weighted by molar-refractivity contribution is -0.175. The fraction of sp³-hybridized carbons (Fsp3) is 0.417. The van der Waals surface area contributed by atoms with Gasteiger partial charge in [0.05, 0.1) is 17.5 Å². The van der Waals surface area contributed by atoms with Crippen LogP contribution < -0.4 is 5.32 Å². The number of carbonyl (C=O) groups is 1. The molecule has 1 rings (SSSR count). The molecular formula is C12H14F3NO5S. The molecule has 0 radical (unpaired) electrons. The van der Waals surface area contributed by atoms with Crippen LogP contribution >= 0.6 is 0 Å². The Morgan fingerprint density at radius 2 is 1.77 bits per heavy atom. The van der Waals surface area contributed by atoms with E-state index in [4.69, 9.17) is 5.11 Å². The number of carbonyl (C=O) groups excluding carboxylic acids is 1. The number of nitrogens with one attached hydrogen (secondary N) is 1. The highest BCUT2D eigenvalue weighted by Gasteiger charge is 2.40. The van der Waals surface area contributed by atoms with Gasteiger partial charge in [0.1, 0.15) is 6.10 Å². The summed E-state index contributed by atoms with van der Waals surface area (Å²) in [6.45, 7) is -0.934. The highest BCUT2D eigenvalue weighted by atomic mass is 32.2. The molecule has 1 amide bonds. The van der Waals surface area contributed by atoms with Crippen LogP contribution in [0, 0.1) is 0 Å². The van der Waals surface area contributed by atoms with Gasteiger partial charge < -0.3 is 15.5 Å². The second-order valence-electron chi connectivity index (χ2n) is 4.55. The van der Waals surface area contributed by atoms with Crippen molar-refractivity contribution in [1.29, 1.82) is 0 Å². The average molecular weight is 341 g/mol. The smallest absolute Gasteiger partial charge is 0.394 e. The number of hydrogen-bond acceptors (Lipinski definition) is 5. The van der Waals surface area contributed by atoms with Crippen LogP contribution in [-0.2, 0) is 14.6 Å². The van der Waals surface area contributed by atoms with Gasteiger partial charge in [0.15, 0.2) is 9.84 Å². The fourth-order valence-corrected chi connectivity index (χ4v) is 2.25. The first kappa shape index (κ1) is 18.4. The van der Waals surface area contributed by atoms with E-state index in [1.807, 2.05) is 0 Å². The molecule has 124 valence electrons. The quantitative estimate of drug-likeness (QED) is 0.708. The molecule has 0 bridgehead atoms. The van der Waals surface area contributed by atoms with Crippen molar-refractivity contribution >= 4 is 15.7 Å². The SMILES string of the molecule is CS(=O)(=O)c1ccc(C(O)C(CO)NC(=O)C(F)(F)F)cc1. The molecule has 6 nitrogen and oxygen atoms in total. The van der Waals surface area contributed by atoms with Gasteiger partial charge in [-0.3, -0.25) is 4.79 Å². The summed E-state index contributed by atoms with van der Waals surface area (Å²) in [6, 6.07) is 3.10. The molecule has 0 aliphatic rings. The number of aliphatic hydroxyl groups excluding tert-OH is 2. The summed E-state index contributed by atoms with van der Waals surface area (Å²) in [5.74, 6) is -2.29. The molecule has 0 aromatic heterocycles. The largest absolute Gasteiger partial charge is 0.471 e. The Bertz CT molecular complexity index is 627. The van der Waals surface area contributed by atoms with Crippen molar-refractivity contribution in [1.82, 2.24) is 5.32 Å². The van der Waals surface area contributed by atoms with E-state index in [1.54, 1.807) is 0 Å². The van der Waals surface area contributed by atoms with E-state index in [2.05, 4.69) is 0 Å². The maximum atomic E-state index is 12.2. The zero-order valence-electron chi connectivity index (χ0n) is 11.3. The van der Waals surface area contributed by atoms with Crippen LogP contribution in [0.15, 0.2) is 29.2 Å². The van der Waals surface area contributed by atoms with Gasteiger partial charge >= 0.3 is 12.1 Å². The van der Waals surface area contributed by atoms with Crippen molar-refractivity contribution in [2.24, 2.45) is 0 Å². The third-order valence-corrected chi connectivity index (χ3v) is 3.93. The highest BCUT2D eigenvalue weighted by molar-refractivity contribution is 7.90. The first-order valence-corrected chi connectivity index (χ1v) is 7.82. The van der Waals surface area contributed by atoms with Crippen molar-refractivity contribution in [3.8, 4) is 0 Å². The topological polar surface area (TPSA) is 104 Å². The Kier molecular flexibility index (Phi) is 5.54. The molecule has 2 atom stereocenters. The third kappa shape index (κ3) is 4.68. The molecule has 0 aliphatic carbocycles. The first-order valence-electron chi connectivity index (χ1n) is 5.93. The van der Waals surface area contributed by atoms with E-state index in [9.17, 15) is 31.5 Å². The number of hydrogen-bond donors (Lipinski definition) is 3. The summed E-state index contributed by atoms with van der Waals surface area (Å²) < 4.78 is 59.0. The minimum atomic E-state index is -5.15. The normalized spacial score (nSPS) is 15.2. The second-order valence-corrected chi connectivity index (χ2v) is 6.56. The number of rotatable bonds is 5. The molecule has 0 aliphatic heterocycles. The van der Waals surface area contributed by atoms with Crippen LogP contribution in [0.5, 0.6) is 0 Å². The molecule has 1 aromatic carbocycles. The van der Waals surface area contributed by atoms with E-state index >= 15 is 0 Å². The Morgan fingerprint density at radius 1 is 1.27 bits per heavy atom. The van der Waals surface area contributed by atoms with Gasteiger partial charge in [-0.15, -0.1) is 0 Å². The Labute approximate surface area is 124 Å². The number of amides is 1. The van der Waals surface area contributed by atoms with Gasteiger partial charge in [0.2, 0.25) is 0 Å². The van der Waals surface area contributed by atoms with Crippen molar-refractivity contribution in [3.05, 3.63) is 29.8 Å². The van der Waals surface area contributed by atoms with Gasteiger partial charge in [-0.2, -0.15) is 13.2 Å². The predicted octanol–water partition coefficient (Wildman–Crippen LogP) is 0.163. The highest BCUT2D eigenvalue weighted by Crippen LogP contribution is 2.21. The van der Waals surface area contributed by atoms with Gasteiger partial charge in [-0.1, -0.05) is 12.1 Å². The van der Waals surface area contributed by atoms with E-state index in [-0.39, 0.29) is 10.5 Å². The summed E-state index contributed by atoms with van der Waals surface area (Å²) >= 11 is 0. The summed E-state index contributed by atoms with van der Waals surface area (Å²) in [7, 11) is -3.46. The van der Waals surface area contributed by atoms with Crippen molar-refractivity contribution in [2.75, 3.05) is 12.9 Å². The van der Waals surface area contributed by atoms with Gasteiger partial charge in [-0.05, 0) is 17.7 Å². The predicted molar refractivity (Wildman–Crippen MR) is 69.6 cm³/mol. The van der Waals surface area contributed by atoms with Crippen LogP contribution in [0.3, 0.4) is 0 Å². The lowest BCUT2D eigenvalue weighted by Gasteiger charge is -2.23. The van der Waals surface area contributed by atoms with Crippen molar-refractivity contribution in [2.45, 2.75) is 23.2 Å². The van der Waals surface area contributed by atoms with Crippen LogP contribution in [-0.4, -0.2) is 49.6 Å². The average Bonchev–Trinajstić information content (AvgIpc) is 2.41. The molecular weight excluding hydrogens is 327 g/mol. The molecule has 0 heterocycles. The Balaban J connectivity index is 2.93. The van der Waals surface area contributed by atoms with Crippen LogP contribution in [0.25, 0.3) is 0 Å². The monoisotopic (exact) mass is 341 g/mol. The fourth-order valence-electron chi connectivity index (χ4n) is 1.62. The molecule has 0 saturated carbocycles. The molecule has 10 heteroatoms. The lowest BCUT2D eigenvalue weighted by atomic mass is 10.0. The number of benzene rings is 1. The molecule has 0 fully saturated rings. The van der Waals surface area contributed by atoms with E-state index in [0.717, 1.165) is 18.4 Å². The van der Waals surface area contributed by atoms with Crippen LogP contribution in [0.2, 0.25) is 0 Å². The zero-order valence-corrected chi connectivity index (χ0v) is 12.1. The molecule has 3 N–H and O–H groups in total. The Morgan fingerprint density at radius 3 is 2.14 bits per heavy atom. The maximum absolute atomic E-state index is 12.2. The number of alkyl halides is 3. The molecule has 0 spiro atoms. The summed E-state index contributed by atoms with van der Waals surface area (Å²) in [5, 5.41) is 20.4. The third-order valence-electron chi connectivity index (χ3n) is 2.80. The minimum Gasteiger partial charge on any atom is -0.394 e. The zero-order chi connectivity index (χ0) is 17.1. The Hall–Kier alpha value is -1.65. The van der Waals surface area contributed by atoms with E-state index < -0.39 is 40.7 Å². The molecule has 0 saturated heterocycles. The molecule has 22 heavy (non-hydrogen) atoms. The summed E-state index contributed by atoms with van der Waals surface area (Å²) in [6.07, 6.45) is -5.81. The van der Waals surface area contributed by atoms with Gasteiger partial charge in [0.25, 0.3) is 0 Å². The van der Waals surface area contributed by atoms with Crippen molar-refractivity contribution < 1.29 is 36.6 Å².